The summed E-state index contributed by atoms with van der Waals surface area (Å²) in [6, 6.07) is 10.4. The zero-order valence-corrected chi connectivity index (χ0v) is 16.8. The average Bonchev–Trinajstić information content (AvgIpc) is 2.76. The zero-order valence-electron chi connectivity index (χ0n) is 16.8. The van der Waals surface area contributed by atoms with Gasteiger partial charge in [-0.1, -0.05) is 30.3 Å². The first-order valence-electron chi connectivity index (χ1n) is 10.9. The molecule has 5 heteroatoms. The molecule has 1 atom stereocenters. The number of nitrogens with zero attached hydrogens (tertiary/aromatic N) is 2. The fraction of sp³-hybridized carbons (Fsp3) is 0.652. The minimum Gasteiger partial charge on any atom is -0.368 e. The van der Waals surface area contributed by atoms with Gasteiger partial charge in [0.2, 0.25) is 5.91 Å². The molecule has 2 amide bonds. The highest BCUT2D eigenvalue weighted by Gasteiger charge is 2.42. The number of amides is 2. The van der Waals surface area contributed by atoms with E-state index in [1.54, 1.807) is 0 Å². The molecule has 1 spiro atoms. The Morgan fingerprint density at radius 2 is 1.89 bits per heavy atom. The summed E-state index contributed by atoms with van der Waals surface area (Å²) < 4.78 is 5.69. The Balaban J connectivity index is 1.31. The van der Waals surface area contributed by atoms with Crippen LogP contribution in [-0.2, 0) is 20.7 Å². The Bertz CT molecular complexity index is 676. The van der Waals surface area contributed by atoms with Gasteiger partial charge in [0.1, 0.15) is 6.10 Å². The summed E-state index contributed by atoms with van der Waals surface area (Å²) in [4.78, 5) is 29.3. The second-order valence-corrected chi connectivity index (χ2v) is 8.73. The molecular weight excluding hydrogens is 352 g/mol. The van der Waals surface area contributed by atoms with Crippen molar-refractivity contribution in [2.75, 3.05) is 32.8 Å². The second-order valence-electron chi connectivity index (χ2n) is 8.73. The van der Waals surface area contributed by atoms with Crippen LogP contribution < -0.4 is 0 Å². The van der Waals surface area contributed by atoms with Gasteiger partial charge >= 0.3 is 0 Å². The summed E-state index contributed by atoms with van der Waals surface area (Å²) in [5.74, 6) is 0.470. The molecule has 3 saturated heterocycles. The van der Waals surface area contributed by atoms with Crippen LogP contribution in [0.5, 0.6) is 0 Å². The largest absolute Gasteiger partial charge is 0.368 e. The van der Waals surface area contributed by atoms with Crippen molar-refractivity contribution in [3.8, 4) is 0 Å². The van der Waals surface area contributed by atoms with Crippen molar-refractivity contribution in [3.63, 3.8) is 0 Å². The average molecular weight is 385 g/mol. The zero-order chi connectivity index (χ0) is 19.4. The van der Waals surface area contributed by atoms with E-state index in [-0.39, 0.29) is 23.3 Å². The third-order valence-electron chi connectivity index (χ3n) is 6.85. The molecule has 0 aromatic heterocycles. The van der Waals surface area contributed by atoms with Gasteiger partial charge in [-0.25, -0.2) is 0 Å². The maximum atomic E-state index is 12.7. The first-order chi connectivity index (χ1) is 13.7. The van der Waals surface area contributed by atoms with Crippen LogP contribution in [0.15, 0.2) is 30.3 Å². The van der Waals surface area contributed by atoms with Crippen molar-refractivity contribution in [2.45, 2.75) is 57.5 Å². The highest BCUT2D eigenvalue weighted by Crippen LogP contribution is 2.40. The molecule has 1 aromatic rings. The maximum absolute atomic E-state index is 12.7. The Morgan fingerprint density at radius 3 is 2.61 bits per heavy atom. The Morgan fingerprint density at radius 1 is 1.11 bits per heavy atom. The van der Waals surface area contributed by atoms with E-state index in [1.807, 2.05) is 11.0 Å². The SMILES string of the molecule is O=C1CCC2(CCN(C(=O)C3CCCCO3)CC2)CN1CCc1ccccc1. The lowest BCUT2D eigenvalue weighted by molar-refractivity contribution is -0.151. The smallest absolute Gasteiger partial charge is 0.251 e. The molecule has 1 unspecified atom stereocenters. The van der Waals surface area contributed by atoms with Crippen molar-refractivity contribution in [1.82, 2.24) is 9.80 Å². The molecule has 0 radical (unpaired) electrons. The maximum Gasteiger partial charge on any atom is 0.251 e. The fourth-order valence-electron chi connectivity index (χ4n) is 4.96. The molecule has 3 aliphatic rings. The molecule has 0 saturated carbocycles. The number of piperidine rings is 2. The van der Waals surface area contributed by atoms with Gasteiger partial charge in [0, 0.05) is 39.2 Å². The third-order valence-corrected chi connectivity index (χ3v) is 6.85. The Hall–Kier alpha value is -1.88. The van der Waals surface area contributed by atoms with Crippen LogP contribution in [0.2, 0.25) is 0 Å². The summed E-state index contributed by atoms with van der Waals surface area (Å²) >= 11 is 0. The van der Waals surface area contributed by atoms with Crippen LogP contribution in [0.4, 0.5) is 0 Å². The minimum atomic E-state index is -0.224. The molecule has 0 N–H and O–H groups in total. The number of ether oxygens (including phenoxy) is 1. The first kappa shape index (κ1) is 19.4. The number of benzene rings is 1. The predicted octanol–water partition coefficient (Wildman–Crippen LogP) is 3.03. The van der Waals surface area contributed by atoms with E-state index in [0.29, 0.717) is 13.0 Å². The number of carbonyl (C=O) groups is 2. The molecule has 4 rings (SSSR count). The lowest BCUT2D eigenvalue weighted by atomic mass is 9.72. The molecule has 3 aliphatic heterocycles. The quantitative estimate of drug-likeness (QED) is 0.802. The molecule has 1 aromatic carbocycles. The van der Waals surface area contributed by atoms with Crippen molar-refractivity contribution < 1.29 is 14.3 Å². The van der Waals surface area contributed by atoms with Gasteiger partial charge in [0.15, 0.2) is 0 Å². The molecule has 3 fully saturated rings. The normalized spacial score (nSPS) is 25.1. The standard InChI is InChI=1S/C23H32N2O3/c26-21-9-11-23(18-25(21)14-10-19-6-2-1-3-7-19)12-15-24(16-13-23)22(27)20-8-4-5-17-28-20/h1-3,6-7,20H,4-5,8-18H2. The summed E-state index contributed by atoms with van der Waals surface area (Å²) in [6.45, 7) is 3.97. The Kier molecular flexibility index (Phi) is 6.00. The van der Waals surface area contributed by atoms with Crippen LogP contribution >= 0.6 is 0 Å². The van der Waals surface area contributed by atoms with Crippen molar-refractivity contribution in [1.29, 1.82) is 0 Å². The lowest BCUT2D eigenvalue weighted by Gasteiger charge is -2.48. The monoisotopic (exact) mass is 384 g/mol. The van der Waals surface area contributed by atoms with Crippen LogP contribution in [0.3, 0.4) is 0 Å². The topological polar surface area (TPSA) is 49.9 Å². The van der Waals surface area contributed by atoms with Gasteiger partial charge in [-0.3, -0.25) is 9.59 Å². The van der Waals surface area contributed by atoms with E-state index in [4.69, 9.17) is 4.74 Å². The van der Waals surface area contributed by atoms with E-state index in [0.717, 1.165) is 71.1 Å². The van der Waals surface area contributed by atoms with E-state index < -0.39 is 0 Å². The second kappa shape index (κ2) is 8.64. The van der Waals surface area contributed by atoms with Crippen molar-refractivity contribution >= 4 is 11.8 Å². The van der Waals surface area contributed by atoms with Gasteiger partial charge in [0.25, 0.3) is 5.91 Å². The van der Waals surface area contributed by atoms with Gasteiger partial charge in [-0.15, -0.1) is 0 Å². The lowest BCUT2D eigenvalue weighted by Crippen LogP contribution is -2.54. The fourth-order valence-corrected chi connectivity index (χ4v) is 4.96. The van der Waals surface area contributed by atoms with E-state index in [2.05, 4.69) is 29.2 Å². The van der Waals surface area contributed by atoms with E-state index in [1.165, 1.54) is 5.56 Å². The van der Waals surface area contributed by atoms with Crippen molar-refractivity contribution in [3.05, 3.63) is 35.9 Å². The number of hydrogen-bond donors (Lipinski definition) is 0. The van der Waals surface area contributed by atoms with E-state index in [9.17, 15) is 9.59 Å². The highest BCUT2D eigenvalue weighted by molar-refractivity contribution is 5.81. The van der Waals surface area contributed by atoms with Crippen LogP contribution in [-0.4, -0.2) is 60.5 Å². The number of likely N-dealkylation sites (tertiary alicyclic amines) is 2. The summed E-state index contributed by atoms with van der Waals surface area (Å²) in [7, 11) is 0. The summed E-state index contributed by atoms with van der Waals surface area (Å²) in [5.41, 5.74) is 1.47. The van der Waals surface area contributed by atoms with Crippen LogP contribution in [0.25, 0.3) is 0 Å². The first-order valence-corrected chi connectivity index (χ1v) is 10.9. The summed E-state index contributed by atoms with van der Waals surface area (Å²) in [5, 5.41) is 0. The highest BCUT2D eigenvalue weighted by atomic mass is 16.5. The molecule has 0 bridgehead atoms. The molecule has 0 aliphatic carbocycles. The van der Waals surface area contributed by atoms with Crippen LogP contribution in [0.1, 0.15) is 50.5 Å². The minimum absolute atomic E-state index is 0.183. The number of hydrogen-bond acceptors (Lipinski definition) is 3. The third kappa shape index (κ3) is 4.40. The summed E-state index contributed by atoms with van der Waals surface area (Å²) in [6.07, 6.45) is 7.32. The van der Waals surface area contributed by atoms with Crippen molar-refractivity contribution in [2.24, 2.45) is 5.41 Å². The van der Waals surface area contributed by atoms with E-state index >= 15 is 0 Å². The molecular formula is C23H32N2O3. The van der Waals surface area contributed by atoms with Gasteiger partial charge in [-0.2, -0.15) is 0 Å². The molecule has 28 heavy (non-hydrogen) atoms. The number of carbonyl (C=O) groups excluding carboxylic acids is 2. The van der Waals surface area contributed by atoms with Gasteiger partial charge in [0.05, 0.1) is 0 Å². The Labute approximate surface area is 168 Å². The molecule has 5 nitrogen and oxygen atoms in total. The van der Waals surface area contributed by atoms with Gasteiger partial charge < -0.3 is 14.5 Å². The predicted molar refractivity (Wildman–Crippen MR) is 108 cm³/mol. The van der Waals surface area contributed by atoms with Gasteiger partial charge in [-0.05, 0) is 55.9 Å². The molecule has 152 valence electrons. The molecule has 3 heterocycles. The number of rotatable bonds is 4. The van der Waals surface area contributed by atoms with Crippen LogP contribution in [0, 0.1) is 5.41 Å².